The first kappa shape index (κ1) is 33.1. The van der Waals surface area contributed by atoms with Crippen LogP contribution >= 0.6 is 0 Å². The largest absolute Gasteiger partial charge is 0.455 e. The highest BCUT2D eigenvalue weighted by atomic mass is 16.3. The van der Waals surface area contributed by atoms with Gasteiger partial charge in [0.15, 0.2) is 0 Å². The van der Waals surface area contributed by atoms with Gasteiger partial charge in [0.1, 0.15) is 11.2 Å². The van der Waals surface area contributed by atoms with Crippen LogP contribution in [0.4, 0.5) is 0 Å². The van der Waals surface area contributed by atoms with Crippen LogP contribution in [0.25, 0.3) is 98.8 Å². The molecule has 0 radical (unpaired) electrons. The molecule has 10 aromatic carbocycles. The molecule has 0 aliphatic heterocycles. The number of aromatic nitrogens is 2. The van der Waals surface area contributed by atoms with Crippen LogP contribution in [0.5, 0.6) is 0 Å². The van der Waals surface area contributed by atoms with Crippen molar-refractivity contribution in [2.75, 3.05) is 0 Å². The zero-order valence-electron chi connectivity index (χ0n) is 32.4. The molecule has 2 heterocycles. The number of rotatable bonds is 4. The van der Waals surface area contributed by atoms with Crippen LogP contribution in [-0.2, 0) is 5.41 Å². The molecule has 2 aromatic heterocycles. The molecule has 0 bridgehead atoms. The molecule has 0 saturated heterocycles. The summed E-state index contributed by atoms with van der Waals surface area (Å²) in [7, 11) is 0. The third-order valence-electron chi connectivity index (χ3n) is 13.0. The quantitative estimate of drug-likeness (QED) is 0.168. The topological polar surface area (TPSA) is 38.9 Å². The molecule has 0 atom stereocenters. The van der Waals surface area contributed by atoms with Gasteiger partial charge in [-0.3, -0.25) is 4.98 Å². The van der Waals surface area contributed by atoms with E-state index in [1.165, 1.54) is 54.9 Å². The summed E-state index contributed by atoms with van der Waals surface area (Å²) >= 11 is 0. The van der Waals surface area contributed by atoms with Gasteiger partial charge in [0, 0.05) is 32.7 Å². The minimum Gasteiger partial charge on any atom is -0.455 e. The SMILES string of the molecule is c1ccc(C2(c3ccccc3)c3cc(-c4cnc5c6ccccc6c6ccccc6c5n4)ccc3-c3ccc(-c4cc5ccccc5c5c4oc4ccccc45)cc32)cc1. The Hall–Kier alpha value is -7.88. The number of benzene rings is 10. The summed E-state index contributed by atoms with van der Waals surface area (Å²) in [6.07, 6.45) is 1.95. The first-order valence-corrected chi connectivity index (χ1v) is 20.6. The maximum Gasteiger partial charge on any atom is 0.143 e. The molecule has 1 aliphatic rings. The fraction of sp³-hybridized carbons (Fsp3) is 0.0175. The van der Waals surface area contributed by atoms with Gasteiger partial charge in [-0.15, -0.1) is 0 Å². The van der Waals surface area contributed by atoms with E-state index in [-0.39, 0.29) is 0 Å². The van der Waals surface area contributed by atoms with E-state index in [0.29, 0.717) is 0 Å². The summed E-state index contributed by atoms with van der Waals surface area (Å²) in [5.41, 5.74) is 14.4. The van der Waals surface area contributed by atoms with Crippen molar-refractivity contribution in [3.05, 3.63) is 229 Å². The predicted octanol–water partition coefficient (Wildman–Crippen LogP) is 14.7. The number of fused-ring (bicyclic) bond motifs is 14. The molecule has 0 spiro atoms. The highest BCUT2D eigenvalue weighted by Gasteiger charge is 2.46. The van der Waals surface area contributed by atoms with Crippen LogP contribution in [0, 0.1) is 0 Å². The Morgan fingerprint density at radius 2 is 0.933 bits per heavy atom. The van der Waals surface area contributed by atoms with Gasteiger partial charge >= 0.3 is 0 Å². The van der Waals surface area contributed by atoms with Crippen molar-refractivity contribution in [2.45, 2.75) is 5.41 Å². The Morgan fingerprint density at radius 3 is 1.62 bits per heavy atom. The number of hydrogen-bond acceptors (Lipinski definition) is 3. The lowest BCUT2D eigenvalue weighted by atomic mass is 9.67. The lowest BCUT2D eigenvalue weighted by Crippen LogP contribution is -2.28. The van der Waals surface area contributed by atoms with Gasteiger partial charge in [0.25, 0.3) is 0 Å². The summed E-state index contributed by atoms with van der Waals surface area (Å²) in [5.74, 6) is 0. The molecule has 12 aromatic rings. The number of hydrogen-bond donors (Lipinski definition) is 0. The fourth-order valence-electron chi connectivity index (χ4n) is 10.4. The summed E-state index contributed by atoms with van der Waals surface area (Å²) in [4.78, 5) is 10.6. The number of nitrogens with zero attached hydrogens (tertiary/aromatic N) is 2. The van der Waals surface area contributed by atoms with E-state index < -0.39 is 5.41 Å². The molecule has 3 nitrogen and oxygen atoms in total. The molecule has 0 N–H and O–H groups in total. The summed E-state index contributed by atoms with van der Waals surface area (Å²) < 4.78 is 6.78. The summed E-state index contributed by atoms with van der Waals surface area (Å²) in [6.45, 7) is 0. The Labute approximate surface area is 345 Å². The predicted molar refractivity (Wildman–Crippen MR) is 248 cm³/mol. The van der Waals surface area contributed by atoms with Crippen molar-refractivity contribution < 1.29 is 4.42 Å². The van der Waals surface area contributed by atoms with E-state index in [0.717, 1.165) is 66.1 Å². The van der Waals surface area contributed by atoms with Crippen molar-refractivity contribution in [1.29, 1.82) is 0 Å². The van der Waals surface area contributed by atoms with Gasteiger partial charge in [0.2, 0.25) is 0 Å². The Morgan fingerprint density at radius 1 is 0.400 bits per heavy atom. The second kappa shape index (κ2) is 12.6. The van der Waals surface area contributed by atoms with Crippen LogP contribution in [0.2, 0.25) is 0 Å². The lowest BCUT2D eigenvalue weighted by molar-refractivity contribution is 0.670. The maximum atomic E-state index is 6.78. The zero-order valence-corrected chi connectivity index (χ0v) is 32.4. The van der Waals surface area contributed by atoms with Gasteiger partial charge in [-0.2, -0.15) is 0 Å². The van der Waals surface area contributed by atoms with Crippen molar-refractivity contribution in [2.24, 2.45) is 0 Å². The Kier molecular flexibility index (Phi) is 6.93. The second-order valence-corrected chi connectivity index (χ2v) is 16.0. The molecule has 3 heteroatoms. The average molecular weight is 763 g/mol. The minimum atomic E-state index is -0.629. The van der Waals surface area contributed by atoms with Crippen LogP contribution in [-0.4, -0.2) is 9.97 Å². The molecule has 0 unspecified atom stereocenters. The van der Waals surface area contributed by atoms with Crippen molar-refractivity contribution in [3.8, 4) is 33.5 Å². The molecular formula is C57H34N2O. The molecule has 0 fully saturated rings. The maximum absolute atomic E-state index is 6.78. The Balaban J connectivity index is 1.08. The standard InChI is InChI=1S/C57H34N2O/c1-3-16-38(17-4-1)57(39-18-5-2-6-19-39)49-32-36(48-31-35-15-7-8-20-40(35)53-47-25-13-14-26-52(47)60-56(48)53)27-29-43(49)44-30-28-37(33-50(44)57)51-34-58-54-45-23-11-9-21-41(45)42-22-10-12-24-46(42)55(54)59-51/h1-34H. The first-order chi connectivity index (χ1) is 29.8. The molecule has 60 heavy (non-hydrogen) atoms. The second-order valence-electron chi connectivity index (χ2n) is 16.0. The van der Waals surface area contributed by atoms with Crippen LogP contribution < -0.4 is 0 Å². The highest BCUT2D eigenvalue weighted by molar-refractivity contribution is 6.24. The van der Waals surface area contributed by atoms with Gasteiger partial charge < -0.3 is 4.42 Å². The van der Waals surface area contributed by atoms with E-state index in [2.05, 4.69) is 200 Å². The molecule has 0 saturated carbocycles. The van der Waals surface area contributed by atoms with Crippen molar-refractivity contribution in [3.63, 3.8) is 0 Å². The molecule has 13 rings (SSSR count). The average Bonchev–Trinajstić information content (AvgIpc) is 3.86. The first-order valence-electron chi connectivity index (χ1n) is 20.6. The third-order valence-corrected chi connectivity index (χ3v) is 13.0. The fourth-order valence-corrected chi connectivity index (χ4v) is 10.4. The lowest BCUT2D eigenvalue weighted by Gasteiger charge is -2.34. The molecule has 1 aliphatic carbocycles. The zero-order chi connectivity index (χ0) is 39.4. The summed E-state index contributed by atoms with van der Waals surface area (Å²) in [6, 6.07) is 72.4. The normalized spacial score (nSPS) is 13.1. The van der Waals surface area contributed by atoms with Gasteiger partial charge in [0.05, 0.1) is 28.3 Å². The summed E-state index contributed by atoms with van der Waals surface area (Å²) in [5, 5.41) is 9.27. The van der Waals surface area contributed by atoms with E-state index in [1.807, 2.05) is 6.20 Å². The molecular weight excluding hydrogens is 729 g/mol. The Bertz CT molecular complexity index is 3640. The van der Waals surface area contributed by atoms with Gasteiger partial charge in [-0.1, -0.05) is 176 Å². The highest BCUT2D eigenvalue weighted by Crippen LogP contribution is 2.58. The third kappa shape index (κ3) is 4.54. The van der Waals surface area contributed by atoms with Crippen LogP contribution in [0.3, 0.4) is 0 Å². The molecule has 0 amide bonds. The number of para-hydroxylation sites is 1. The smallest absolute Gasteiger partial charge is 0.143 e. The van der Waals surface area contributed by atoms with E-state index in [9.17, 15) is 0 Å². The van der Waals surface area contributed by atoms with E-state index in [1.54, 1.807) is 0 Å². The van der Waals surface area contributed by atoms with Gasteiger partial charge in [-0.25, -0.2) is 4.98 Å². The van der Waals surface area contributed by atoms with Crippen LogP contribution in [0.15, 0.2) is 211 Å². The van der Waals surface area contributed by atoms with Crippen molar-refractivity contribution >= 4 is 65.3 Å². The van der Waals surface area contributed by atoms with Crippen LogP contribution in [0.1, 0.15) is 22.3 Å². The molecule has 278 valence electrons. The van der Waals surface area contributed by atoms with Crippen molar-refractivity contribution in [1.82, 2.24) is 9.97 Å². The monoisotopic (exact) mass is 762 g/mol. The van der Waals surface area contributed by atoms with Gasteiger partial charge in [-0.05, 0) is 84.8 Å². The minimum absolute atomic E-state index is 0.629. The van der Waals surface area contributed by atoms with E-state index in [4.69, 9.17) is 14.4 Å². The number of furan rings is 1. The van der Waals surface area contributed by atoms with E-state index >= 15 is 0 Å².